The van der Waals surface area contributed by atoms with Gasteiger partial charge in [0, 0.05) is 0 Å². The first-order valence-corrected chi connectivity index (χ1v) is 3.43. The lowest BCUT2D eigenvalue weighted by Gasteiger charge is -2.35. The molecule has 0 saturated heterocycles. The summed E-state index contributed by atoms with van der Waals surface area (Å²) in [5.41, 5.74) is 1.47. The van der Waals surface area contributed by atoms with Crippen molar-refractivity contribution in [2.45, 2.75) is 26.7 Å². The Bertz CT molecular complexity index is 103. The van der Waals surface area contributed by atoms with Crippen molar-refractivity contribution in [2.75, 3.05) is 0 Å². The van der Waals surface area contributed by atoms with E-state index in [2.05, 4.69) is 20.4 Å². The Morgan fingerprint density at radius 2 is 2.38 bits per heavy atom. The van der Waals surface area contributed by atoms with Gasteiger partial charge in [-0.25, -0.2) is 0 Å². The summed E-state index contributed by atoms with van der Waals surface area (Å²) in [4.78, 5) is 0. The quantitative estimate of drug-likeness (QED) is 0.455. The SMILES string of the molecule is C=C1CC(C)C1CC. The van der Waals surface area contributed by atoms with E-state index < -0.39 is 0 Å². The second kappa shape index (κ2) is 1.93. The molecular weight excluding hydrogens is 96.1 g/mol. The number of hydrogen-bond donors (Lipinski definition) is 0. The maximum atomic E-state index is 3.96. The van der Waals surface area contributed by atoms with Gasteiger partial charge in [-0.1, -0.05) is 26.0 Å². The molecule has 0 aromatic heterocycles. The van der Waals surface area contributed by atoms with Gasteiger partial charge in [-0.05, 0) is 24.7 Å². The van der Waals surface area contributed by atoms with Gasteiger partial charge in [0.2, 0.25) is 0 Å². The van der Waals surface area contributed by atoms with Crippen LogP contribution in [0, 0.1) is 11.8 Å². The molecule has 0 radical (unpaired) electrons. The summed E-state index contributed by atoms with van der Waals surface area (Å²) in [6.07, 6.45) is 2.57. The minimum Gasteiger partial charge on any atom is -0.0996 e. The molecule has 0 aliphatic heterocycles. The molecule has 0 N–H and O–H groups in total. The van der Waals surface area contributed by atoms with Gasteiger partial charge in [-0.2, -0.15) is 0 Å². The molecule has 2 atom stereocenters. The summed E-state index contributed by atoms with van der Waals surface area (Å²) in [7, 11) is 0. The molecule has 0 bridgehead atoms. The Labute approximate surface area is 51.6 Å². The third-order valence-corrected chi connectivity index (χ3v) is 2.24. The van der Waals surface area contributed by atoms with Gasteiger partial charge in [-0.15, -0.1) is 0 Å². The van der Waals surface area contributed by atoms with E-state index in [1.807, 2.05) is 0 Å². The molecule has 0 nitrogen and oxygen atoms in total. The van der Waals surface area contributed by atoms with Crippen LogP contribution in [-0.2, 0) is 0 Å². The third-order valence-electron chi connectivity index (χ3n) is 2.24. The van der Waals surface area contributed by atoms with Crippen LogP contribution < -0.4 is 0 Å². The van der Waals surface area contributed by atoms with Crippen LogP contribution in [0.1, 0.15) is 26.7 Å². The fourth-order valence-corrected chi connectivity index (χ4v) is 1.64. The maximum Gasteiger partial charge on any atom is -0.0180 e. The molecule has 8 heavy (non-hydrogen) atoms. The average Bonchev–Trinajstić information content (AvgIpc) is 1.67. The van der Waals surface area contributed by atoms with Crippen LogP contribution in [0.3, 0.4) is 0 Å². The molecule has 1 aliphatic carbocycles. The van der Waals surface area contributed by atoms with Crippen molar-refractivity contribution < 1.29 is 0 Å². The second-order valence-electron chi connectivity index (χ2n) is 2.85. The van der Waals surface area contributed by atoms with E-state index in [1.165, 1.54) is 18.4 Å². The lowest BCUT2D eigenvalue weighted by Crippen LogP contribution is -2.24. The minimum atomic E-state index is 0.856. The van der Waals surface area contributed by atoms with Gasteiger partial charge >= 0.3 is 0 Å². The fourth-order valence-electron chi connectivity index (χ4n) is 1.64. The van der Waals surface area contributed by atoms with E-state index in [0.717, 1.165) is 11.8 Å². The summed E-state index contributed by atoms with van der Waals surface area (Å²) in [6.45, 7) is 8.51. The number of hydrogen-bond acceptors (Lipinski definition) is 0. The molecule has 0 heteroatoms. The zero-order chi connectivity index (χ0) is 6.15. The molecular formula is C8H14. The maximum absolute atomic E-state index is 3.96. The lowest BCUT2D eigenvalue weighted by atomic mass is 9.70. The summed E-state index contributed by atoms with van der Waals surface area (Å²) >= 11 is 0. The number of rotatable bonds is 1. The monoisotopic (exact) mass is 110 g/mol. The predicted molar refractivity (Wildman–Crippen MR) is 36.7 cm³/mol. The largest absolute Gasteiger partial charge is 0.0996 e. The molecule has 0 spiro atoms. The first-order chi connectivity index (χ1) is 3.75. The Kier molecular flexibility index (Phi) is 1.41. The van der Waals surface area contributed by atoms with Crippen LogP contribution in [0.15, 0.2) is 12.2 Å². The van der Waals surface area contributed by atoms with Crippen LogP contribution in [0.5, 0.6) is 0 Å². The molecule has 1 aliphatic rings. The van der Waals surface area contributed by atoms with E-state index >= 15 is 0 Å². The van der Waals surface area contributed by atoms with Crippen molar-refractivity contribution in [3.05, 3.63) is 12.2 Å². The van der Waals surface area contributed by atoms with Gasteiger partial charge in [-0.3, -0.25) is 0 Å². The standard InChI is InChI=1S/C8H14/c1-4-8-6(2)5-7(8)3/h7-8H,2,4-5H2,1,3H3. The van der Waals surface area contributed by atoms with Crippen LogP contribution in [0.25, 0.3) is 0 Å². The molecule has 0 aromatic carbocycles. The summed E-state index contributed by atoms with van der Waals surface area (Å²) in [5.74, 6) is 1.78. The Morgan fingerprint density at radius 1 is 1.75 bits per heavy atom. The highest BCUT2D eigenvalue weighted by Gasteiger charge is 2.28. The zero-order valence-electron chi connectivity index (χ0n) is 5.78. The Hall–Kier alpha value is -0.260. The first-order valence-electron chi connectivity index (χ1n) is 3.43. The lowest BCUT2D eigenvalue weighted by molar-refractivity contribution is 0.294. The van der Waals surface area contributed by atoms with Crippen molar-refractivity contribution in [3.63, 3.8) is 0 Å². The van der Waals surface area contributed by atoms with Gasteiger partial charge in [0.1, 0.15) is 0 Å². The average molecular weight is 110 g/mol. The normalized spacial score (nSPS) is 37.0. The summed E-state index contributed by atoms with van der Waals surface area (Å²) < 4.78 is 0. The van der Waals surface area contributed by atoms with E-state index in [0.29, 0.717) is 0 Å². The topological polar surface area (TPSA) is 0 Å². The molecule has 1 saturated carbocycles. The molecule has 0 aromatic rings. The van der Waals surface area contributed by atoms with Crippen LogP contribution >= 0.6 is 0 Å². The van der Waals surface area contributed by atoms with Gasteiger partial charge in [0.25, 0.3) is 0 Å². The van der Waals surface area contributed by atoms with Gasteiger partial charge in [0.15, 0.2) is 0 Å². The van der Waals surface area contributed by atoms with Crippen molar-refractivity contribution in [2.24, 2.45) is 11.8 Å². The van der Waals surface area contributed by atoms with Gasteiger partial charge < -0.3 is 0 Å². The Morgan fingerprint density at radius 3 is 2.50 bits per heavy atom. The highest BCUT2D eigenvalue weighted by atomic mass is 14.3. The highest BCUT2D eigenvalue weighted by Crippen LogP contribution is 2.39. The van der Waals surface area contributed by atoms with Gasteiger partial charge in [0.05, 0.1) is 0 Å². The smallest absolute Gasteiger partial charge is 0.0180 e. The van der Waals surface area contributed by atoms with Crippen LogP contribution in [-0.4, -0.2) is 0 Å². The van der Waals surface area contributed by atoms with Crippen molar-refractivity contribution in [3.8, 4) is 0 Å². The predicted octanol–water partition coefficient (Wildman–Crippen LogP) is 2.61. The van der Waals surface area contributed by atoms with E-state index in [4.69, 9.17) is 0 Å². The first kappa shape index (κ1) is 5.87. The van der Waals surface area contributed by atoms with Crippen LogP contribution in [0.2, 0.25) is 0 Å². The third kappa shape index (κ3) is 0.683. The Balaban J connectivity index is 2.40. The molecule has 1 fully saturated rings. The molecule has 46 valence electrons. The molecule has 0 amide bonds. The second-order valence-corrected chi connectivity index (χ2v) is 2.85. The minimum absolute atomic E-state index is 0.856. The number of allylic oxidation sites excluding steroid dienone is 1. The van der Waals surface area contributed by atoms with Crippen molar-refractivity contribution in [1.82, 2.24) is 0 Å². The van der Waals surface area contributed by atoms with Crippen LogP contribution in [0.4, 0.5) is 0 Å². The molecule has 2 unspecified atom stereocenters. The van der Waals surface area contributed by atoms with Crippen molar-refractivity contribution in [1.29, 1.82) is 0 Å². The molecule has 1 rings (SSSR count). The zero-order valence-corrected chi connectivity index (χ0v) is 5.78. The summed E-state index contributed by atoms with van der Waals surface area (Å²) in [5, 5.41) is 0. The highest BCUT2D eigenvalue weighted by molar-refractivity contribution is 5.12. The van der Waals surface area contributed by atoms with E-state index in [-0.39, 0.29) is 0 Å². The van der Waals surface area contributed by atoms with Crippen molar-refractivity contribution >= 4 is 0 Å². The summed E-state index contributed by atoms with van der Waals surface area (Å²) in [6, 6.07) is 0. The fraction of sp³-hybridized carbons (Fsp3) is 0.750. The molecule has 0 heterocycles. The van der Waals surface area contributed by atoms with E-state index in [1.54, 1.807) is 0 Å². The van der Waals surface area contributed by atoms with E-state index in [9.17, 15) is 0 Å².